The molecule has 4 nitrogen and oxygen atoms in total. The van der Waals surface area contributed by atoms with Crippen LogP contribution in [0.25, 0.3) is 0 Å². The fourth-order valence-electron chi connectivity index (χ4n) is 4.09. The van der Waals surface area contributed by atoms with E-state index in [1.54, 1.807) is 0 Å². The lowest BCUT2D eigenvalue weighted by Crippen LogP contribution is -2.45. The monoisotopic (exact) mass is 343 g/mol. The third-order valence-electron chi connectivity index (χ3n) is 5.88. The minimum Gasteiger partial charge on any atom is -0.376 e. The van der Waals surface area contributed by atoms with Gasteiger partial charge in [-0.1, -0.05) is 13.8 Å². The van der Waals surface area contributed by atoms with Crippen LogP contribution in [0.2, 0.25) is 0 Å². The van der Waals surface area contributed by atoms with Gasteiger partial charge in [-0.25, -0.2) is 0 Å². The van der Waals surface area contributed by atoms with Gasteiger partial charge in [-0.15, -0.1) is 0 Å². The highest BCUT2D eigenvalue weighted by atomic mass is 16.2. The van der Waals surface area contributed by atoms with E-state index in [4.69, 9.17) is 0 Å². The smallest absolute Gasteiger partial charge is 0.242 e. The highest BCUT2D eigenvalue weighted by Crippen LogP contribution is 2.24. The van der Waals surface area contributed by atoms with Crippen molar-refractivity contribution < 1.29 is 4.79 Å². The Balaban J connectivity index is 1.50. The molecule has 2 aliphatic rings. The van der Waals surface area contributed by atoms with Crippen molar-refractivity contribution >= 4 is 17.3 Å². The SMILES string of the molecule is CCC1CCCCN1C(=O)CNc1ccc(N2CCC(C)CC2)cc1. The summed E-state index contributed by atoms with van der Waals surface area (Å²) < 4.78 is 0. The molecule has 2 fully saturated rings. The minimum absolute atomic E-state index is 0.237. The van der Waals surface area contributed by atoms with Gasteiger partial charge in [-0.3, -0.25) is 4.79 Å². The molecule has 2 heterocycles. The van der Waals surface area contributed by atoms with Crippen LogP contribution in [0.5, 0.6) is 0 Å². The highest BCUT2D eigenvalue weighted by molar-refractivity contribution is 5.81. The van der Waals surface area contributed by atoms with Crippen molar-refractivity contribution in [1.82, 2.24) is 4.90 Å². The van der Waals surface area contributed by atoms with Gasteiger partial charge in [0, 0.05) is 37.1 Å². The Morgan fingerprint density at radius 1 is 1.08 bits per heavy atom. The van der Waals surface area contributed by atoms with Crippen LogP contribution in [0, 0.1) is 5.92 Å². The Morgan fingerprint density at radius 3 is 2.48 bits per heavy atom. The van der Waals surface area contributed by atoms with Crippen LogP contribution in [-0.2, 0) is 4.79 Å². The Kier molecular flexibility index (Phi) is 6.22. The minimum atomic E-state index is 0.237. The second-order valence-electron chi connectivity index (χ2n) is 7.71. The van der Waals surface area contributed by atoms with E-state index in [9.17, 15) is 4.79 Å². The van der Waals surface area contributed by atoms with E-state index in [0.717, 1.165) is 50.5 Å². The molecule has 2 aliphatic heterocycles. The maximum absolute atomic E-state index is 12.5. The largest absolute Gasteiger partial charge is 0.376 e. The number of hydrogen-bond acceptors (Lipinski definition) is 3. The summed E-state index contributed by atoms with van der Waals surface area (Å²) in [5, 5.41) is 3.31. The first kappa shape index (κ1) is 18.1. The predicted molar refractivity (Wildman–Crippen MR) is 105 cm³/mol. The number of carbonyl (C=O) groups excluding carboxylic acids is 1. The molecule has 1 aromatic rings. The van der Waals surface area contributed by atoms with E-state index < -0.39 is 0 Å². The zero-order chi connectivity index (χ0) is 17.6. The van der Waals surface area contributed by atoms with Crippen LogP contribution in [0.15, 0.2) is 24.3 Å². The molecule has 25 heavy (non-hydrogen) atoms. The molecule has 2 saturated heterocycles. The predicted octanol–water partition coefficient (Wildman–Crippen LogP) is 4.13. The average Bonchev–Trinajstić information content (AvgIpc) is 2.67. The molecule has 0 bridgehead atoms. The van der Waals surface area contributed by atoms with Gasteiger partial charge in [-0.05, 0) is 68.7 Å². The molecule has 1 N–H and O–H groups in total. The first-order valence-electron chi connectivity index (χ1n) is 10.1. The summed E-state index contributed by atoms with van der Waals surface area (Å²) in [4.78, 5) is 17.1. The van der Waals surface area contributed by atoms with Gasteiger partial charge in [0.2, 0.25) is 5.91 Å². The second kappa shape index (κ2) is 8.59. The fourth-order valence-corrected chi connectivity index (χ4v) is 4.09. The first-order valence-corrected chi connectivity index (χ1v) is 10.1. The maximum atomic E-state index is 12.5. The molecule has 3 rings (SSSR count). The molecule has 138 valence electrons. The number of benzene rings is 1. The van der Waals surface area contributed by atoms with Crippen LogP contribution in [0.4, 0.5) is 11.4 Å². The van der Waals surface area contributed by atoms with Gasteiger partial charge < -0.3 is 15.1 Å². The molecular weight excluding hydrogens is 310 g/mol. The van der Waals surface area contributed by atoms with E-state index in [1.807, 2.05) is 0 Å². The van der Waals surface area contributed by atoms with Crippen molar-refractivity contribution in [3.05, 3.63) is 24.3 Å². The topological polar surface area (TPSA) is 35.6 Å². The number of carbonyl (C=O) groups is 1. The molecule has 1 aromatic carbocycles. The number of hydrogen-bond donors (Lipinski definition) is 1. The van der Waals surface area contributed by atoms with Crippen LogP contribution in [-0.4, -0.2) is 43.0 Å². The molecule has 1 atom stereocenters. The van der Waals surface area contributed by atoms with Crippen LogP contribution < -0.4 is 10.2 Å². The summed E-state index contributed by atoms with van der Waals surface area (Å²) in [5.41, 5.74) is 2.33. The van der Waals surface area contributed by atoms with E-state index in [-0.39, 0.29) is 5.91 Å². The fraction of sp³-hybridized carbons (Fsp3) is 0.667. The summed E-state index contributed by atoms with van der Waals surface area (Å²) in [5.74, 6) is 1.09. The van der Waals surface area contributed by atoms with E-state index >= 15 is 0 Å². The van der Waals surface area contributed by atoms with Crippen molar-refractivity contribution in [3.8, 4) is 0 Å². The average molecular weight is 344 g/mol. The summed E-state index contributed by atoms with van der Waals surface area (Å²) in [7, 11) is 0. The number of amides is 1. The first-order chi connectivity index (χ1) is 12.2. The highest BCUT2D eigenvalue weighted by Gasteiger charge is 2.24. The second-order valence-corrected chi connectivity index (χ2v) is 7.71. The standard InChI is InChI=1S/C21H33N3O/c1-3-19-6-4-5-13-24(19)21(25)16-22-18-7-9-20(10-8-18)23-14-11-17(2)12-15-23/h7-10,17,19,22H,3-6,11-16H2,1-2H3. The number of likely N-dealkylation sites (tertiary alicyclic amines) is 1. The lowest BCUT2D eigenvalue weighted by Gasteiger charge is -2.35. The van der Waals surface area contributed by atoms with Crippen molar-refractivity contribution in [1.29, 1.82) is 0 Å². The van der Waals surface area contributed by atoms with Crippen molar-refractivity contribution in [2.45, 2.75) is 58.4 Å². The van der Waals surface area contributed by atoms with Gasteiger partial charge >= 0.3 is 0 Å². The zero-order valence-electron chi connectivity index (χ0n) is 15.8. The summed E-state index contributed by atoms with van der Waals surface area (Å²) in [6.45, 7) is 8.15. The quantitative estimate of drug-likeness (QED) is 0.873. The molecule has 0 saturated carbocycles. The molecule has 1 unspecified atom stereocenters. The number of nitrogens with one attached hydrogen (secondary N) is 1. The summed E-state index contributed by atoms with van der Waals surface area (Å²) >= 11 is 0. The van der Waals surface area contributed by atoms with Crippen molar-refractivity contribution in [2.24, 2.45) is 5.92 Å². The molecule has 1 amide bonds. The van der Waals surface area contributed by atoms with Crippen LogP contribution >= 0.6 is 0 Å². The van der Waals surface area contributed by atoms with Gasteiger partial charge in [0.1, 0.15) is 0 Å². The van der Waals surface area contributed by atoms with E-state index in [1.165, 1.54) is 24.9 Å². The molecule has 4 heteroatoms. The van der Waals surface area contributed by atoms with Crippen molar-refractivity contribution in [3.63, 3.8) is 0 Å². The van der Waals surface area contributed by atoms with E-state index in [2.05, 4.69) is 53.2 Å². The third-order valence-corrected chi connectivity index (χ3v) is 5.88. The van der Waals surface area contributed by atoms with Crippen LogP contribution in [0.3, 0.4) is 0 Å². The van der Waals surface area contributed by atoms with Gasteiger partial charge in [0.15, 0.2) is 0 Å². The zero-order valence-corrected chi connectivity index (χ0v) is 15.8. The molecule has 0 spiro atoms. The van der Waals surface area contributed by atoms with E-state index in [0.29, 0.717) is 12.6 Å². The molecular formula is C21H33N3O. The van der Waals surface area contributed by atoms with Crippen LogP contribution in [0.1, 0.15) is 52.4 Å². The summed E-state index contributed by atoms with van der Waals surface area (Å²) in [6.07, 6.45) is 7.18. The Morgan fingerprint density at radius 2 is 1.80 bits per heavy atom. The normalized spacial score (nSPS) is 22.1. The molecule has 0 radical (unpaired) electrons. The van der Waals surface area contributed by atoms with Gasteiger partial charge in [0.25, 0.3) is 0 Å². The Hall–Kier alpha value is -1.71. The van der Waals surface area contributed by atoms with Crippen molar-refractivity contribution in [2.75, 3.05) is 36.4 Å². The third kappa shape index (κ3) is 4.68. The lowest BCUT2D eigenvalue weighted by molar-refractivity contribution is -0.133. The van der Waals surface area contributed by atoms with Gasteiger partial charge in [-0.2, -0.15) is 0 Å². The maximum Gasteiger partial charge on any atom is 0.242 e. The Labute approximate surface area is 152 Å². The lowest BCUT2D eigenvalue weighted by atomic mass is 9.99. The molecule has 0 aliphatic carbocycles. The number of piperidine rings is 2. The summed E-state index contributed by atoms with van der Waals surface area (Å²) in [6, 6.07) is 9.01. The number of anilines is 2. The molecule has 0 aromatic heterocycles. The Bertz CT molecular complexity index is 549. The number of nitrogens with zero attached hydrogens (tertiary/aromatic N) is 2. The van der Waals surface area contributed by atoms with Gasteiger partial charge in [0.05, 0.1) is 6.54 Å². The number of rotatable bonds is 5.